The van der Waals surface area contributed by atoms with Crippen LogP contribution in [-0.2, 0) is 16.0 Å². The van der Waals surface area contributed by atoms with Gasteiger partial charge >= 0.3 is 0 Å². The van der Waals surface area contributed by atoms with Crippen molar-refractivity contribution in [3.05, 3.63) is 21.6 Å². The summed E-state index contributed by atoms with van der Waals surface area (Å²) < 4.78 is 12.5. The second-order valence-corrected chi connectivity index (χ2v) is 5.61. The van der Waals surface area contributed by atoms with Gasteiger partial charge in [-0.25, -0.2) is 4.68 Å². The fraction of sp³-hybridized carbons (Fsp3) is 0.692. The summed E-state index contributed by atoms with van der Waals surface area (Å²) in [4.78, 5) is 12.0. The zero-order valence-corrected chi connectivity index (χ0v) is 12.7. The Kier molecular flexibility index (Phi) is 4.67. The molecule has 2 rings (SSSR count). The lowest BCUT2D eigenvalue weighted by Crippen LogP contribution is -2.28. The van der Waals surface area contributed by atoms with Gasteiger partial charge in [-0.3, -0.25) is 4.79 Å². The Bertz CT molecular complexity index is 530. The Balaban J connectivity index is 2.00. The summed E-state index contributed by atoms with van der Waals surface area (Å²) in [6.07, 6.45) is 2.33. The second-order valence-electron chi connectivity index (χ2n) is 5.23. The third kappa shape index (κ3) is 3.50. The van der Waals surface area contributed by atoms with Gasteiger partial charge in [0, 0.05) is 13.1 Å². The highest BCUT2D eigenvalue weighted by Crippen LogP contribution is 2.23. The fourth-order valence-corrected chi connectivity index (χ4v) is 2.26. The predicted octanol–water partition coefficient (Wildman–Crippen LogP) is 1.87. The maximum Gasteiger partial charge on any atom is 0.287 e. The molecular weight excluding hydrogens is 282 g/mol. The third-order valence-electron chi connectivity index (χ3n) is 3.01. The van der Waals surface area contributed by atoms with Crippen molar-refractivity contribution in [3.8, 4) is 0 Å². The Morgan fingerprint density at radius 2 is 2.35 bits per heavy atom. The molecule has 112 valence electrons. The van der Waals surface area contributed by atoms with E-state index in [-0.39, 0.29) is 16.7 Å². The first-order valence-electron chi connectivity index (χ1n) is 6.74. The molecule has 1 unspecified atom stereocenters. The summed E-state index contributed by atoms with van der Waals surface area (Å²) >= 11 is 6.07. The van der Waals surface area contributed by atoms with Crippen molar-refractivity contribution in [1.82, 2.24) is 9.78 Å². The smallest absolute Gasteiger partial charge is 0.287 e. The van der Waals surface area contributed by atoms with Crippen LogP contribution in [0.15, 0.2) is 11.0 Å². The van der Waals surface area contributed by atoms with E-state index in [1.807, 2.05) is 20.8 Å². The first kappa shape index (κ1) is 15.3. The third-order valence-corrected chi connectivity index (χ3v) is 3.37. The molecule has 1 aromatic heterocycles. The van der Waals surface area contributed by atoms with Crippen molar-refractivity contribution in [1.29, 1.82) is 0 Å². The van der Waals surface area contributed by atoms with Crippen LogP contribution in [0, 0.1) is 0 Å². The minimum atomic E-state index is -0.557. The van der Waals surface area contributed by atoms with Gasteiger partial charge < -0.3 is 14.8 Å². The van der Waals surface area contributed by atoms with Crippen molar-refractivity contribution < 1.29 is 9.47 Å². The maximum atomic E-state index is 12.0. The molecule has 1 aromatic rings. The number of hydrogen-bond acceptors (Lipinski definition) is 5. The molecule has 1 aliphatic heterocycles. The Morgan fingerprint density at radius 3 is 2.95 bits per heavy atom. The van der Waals surface area contributed by atoms with Crippen molar-refractivity contribution in [2.24, 2.45) is 0 Å². The lowest BCUT2D eigenvalue weighted by atomic mass is 10.3. The fourth-order valence-electron chi connectivity index (χ4n) is 2.05. The van der Waals surface area contributed by atoms with Crippen LogP contribution in [0.5, 0.6) is 0 Å². The molecule has 20 heavy (non-hydrogen) atoms. The Hall–Kier alpha value is -1.11. The van der Waals surface area contributed by atoms with Gasteiger partial charge in [0.15, 0.2) is 5.79 Å². The van der Waals surface area contributed by atoms with E-state index in [0.29, 0.717) is 25.4 Å². The van der Waals surface area contributed by atoms with Crippen LogP contribution in [0.3, 0.4) is 0 Å². The molecule has 0 radical (unpaired) electrons. The molecule has 1 fully saturated rings. The van der Waals surface area contributed by atoms with E-state index in [1.165, 1.54) is 4.68 Å². The summed E-state index contributed by atoms with van der Waals surface area (Å²) in [7, 11) is 0. The van der Waals surface area contributed by atoms with Gasteiger partial charge in [0.2, 0.25) is 0 Å². The van der Waals surface area contributed by atoms with Crippen molar-refractivity contribution >= 4 is 17.3 Å². The van der Waals surface area contributed by atoms with Gasteiger partial charge in [0.1, 0.15) is 11.1 Å². The van der Waals surface area contributed by atoms with Crippen LogP contribution in [-0.4, -0.2) is 34.8 Å². The number of nitrogens with zero attached hydrogens (tertiary/aromatic N) is 2. The first-order valence-corrected chi connectivity index (χ1v) is 7.12. The highest BCUT2D eigenvalue weighted by molar-refractivity contribution is 6.32. The molecule has 1 N–H and O–H groups in total. The summed E-state index contributed by atoms with van der Waals surface area (Å²) in [5, 5.41) is 7.34. The van der Waals surface area contributed by atoms with Crippen LogP contribution >= 0.6 is 11.6 Å². The van der Waals surface area contributed by atoms with Crippen LogP contribution in [0.25, 0.3) is 0 Å². The molecule has 7 heteroatoms. The maximum absolute atomic E-state index is 12.0. The largest absolute Gasteiger partial charge is 0.380 e. The van der Waals surface area contributed by atoms with E-state index < -0.39 is 5.79 Å². The number of aryl methyl sites for hydroxylation is 1. The Labute approximate surface area is 123 Å². The van der Waals surface area contributed by atoms with E-state index in [4.69, 9.17) is 21.1 Å². The highest BCUT2D eigenvalue weighted by Gasteiger charge is 2.32. The van der Waals surface area contributed by atoms with E-state index in [1.54, 1.807) is 6.20 Å². The van der Waals surface area contributed by atoms with Gasteiger partial charge in [-0.1, -0.05) is 18.5 Å². The van der Waals surface area contributed by atoms with Crippen molar-refractivity contribution in [3.63, 3.8) is 0 Å². The molecule has 0 aliphatic carbocycles. The average molecular weight is 302 g/mol. The van der Waals surface area contributed by atoms with Crippen LogP contribution < -0.4 is 10.9 Å². The number of rotatable bonds is 5. The standard InChI is InChI=1S/C13H20ClN3O3/c1-4-5-17-12(18)11(14)10(7-16-17)15-6-9-8-19-13(2,3)20-9/h7,9,15H,4-6,8H2,1-3H3. The summed E-state index contributed by atoms with van der Waals surface area (Å²) in [6.45, 7) is 7.31. The zero-order chi connectivity index (χ0) is 14.8. The Morgan fingerprint density at radius 1 is 1.60 bits per heavy atom. The highest BCUT2D eigenvalue weighted by atomic mass is 35.5. The van der Waals surface area contributed by atoms with Gasteiger partial charge in [-0.2, -0.15) is 5.10 Å². The van der Waals surface area contributed by atoms with Crippen LogP contribution in [0.2, 0.25) is 5.02 Å². The predicted molar refractivity (Wildman–Crippen MR) is 77.2 cm³/mol. The number of ether oxygens (including phenoxy) is 2. The number of halogens is 1. The van der Waals surface area contributed by atoms with Crippen LogP contribution in [0.1, 0.15) is 27.2 Å². The molecule has 0 saturated carbocycles. The minimum Gasteiger partial charge on any atom is -0.380 e. The van der Waals surface area contributed by atoms with Gasteiger partial charge in [0.05, 0.1) is 18.5 Å². The molecule has 0 spiro atoms. The molecule has 0 aromatic carbocycles. The normalized spacial score (nSPS) is 21.1. The lowest BCUT2D eigenvalue weighted by molar-refractivity contribution is -0.136. The quantitative estimate of drug-likeness (QED) is 0.899. The zero-order valence-electron chi connectivity index (χ0n) is 12.0. The summed E-state index contributed by atoms with van der Waals surface area (Å²) in [6, 6.07) is 0. The number of aromatic nitrogens is 2. The second kappa shape index (κ2) is 6.11. The molecule has 6 nitrogen and oxygen atoms in total. The van der Waals surface area contributed by atoms with Gasteiger partial charge in [-0.15, -0.1) is 0 Å². The van der Waals surface area contributed by atoms with Crippen molar-refractivity contribution in [2.45, 2.75) is 45.6 Å². The van der Waals surface area contributed by atoms with Crippen LogP contribution in [0.4, 0.5) is 5.69 Å². The molecule has 1 aliphatic rings. The molecule has 0 amide bonds. The minimum absolute atomic E-state index is 0.0702. The summed E-state index contributed by atoms with van der Waals surface area (Å²) in [5.41, 5.74) is 0.250. The number of anilines is 1. The number of hydrogen-bond donors (Lipinski definition) is 1. The van der Waals surface area contributed by atoms with E-state index in [9.17, 15) is 4.79 Å². The van der Waals surface area contributed by atoms with E-state index >= 15 is 0 Å². The van der Waals surface area contributed by atoms with E-state index in [0.717, 1.165) is 6.42 Å². The average Bonchev–Trinajstić information content (AvgIpc) is 2.74. The molecule has 0 bridgehead atoms. The van der Waals surface area contributed by atoms with Gasteiger partial charge in [0.25, 0.3) is 5.56 Å². The molecule has 1 saturated heterocycles. The topological polar surface area (TPSA) is 65.4 Å². The SMILES string of the molecule is CCCn1ncc(NCC2COC(C)(C)O2)c(Cl)c1=O. The van der Waals surface area contributed by atoms with Crippen molar-refractivity contribution in [2.75, 3.05) is 18.5 Å². The molecular formula is C13H20ClN3O3. The van der Waals surface area contributed by atoms with E-state index in [2.05, 4.69) is 10.4 Å². The summed E-state index contributed by atoms with van der Waals surface area (Å²) in [5.74, 6) is -0.557. The molecule has 2 heterocycles. The first-order chi connectivity index (χ1) is 9.43. The van der Waals surface area contributed by atoms with Gasteiger partial charge in [-0.05, 0) is 20.3 Å². The number of nitrogens with one attached hydrogen (secondary N) is 1. The molecule has 1 atom stereocenters. The lowest BCUT2D eigenvalue weighted by Gasteiger charge is -2.17. The monoisotopic (exact) mass is 301 g/mol.